The lowest BCUT2D eigenvalue weighted by Crippen LogP contribution is -2.45. The molecule has 1 atom stereocenters. The Morgan fingerprint density at radius 1 is 0.966 bits per heavy atom. The summed E-state index contributed by atoms with van der Waals surface area (Å²) in [5.41, 5.74) is 5.03. The van der Waals surface area contributed by atoms with Gasteiger partial charge in [0.25, 0.3) is 0 Å². The molecule has 29 heavy (non-hydrogen) atoms. The van der Waals surface area contributed by atoms with E-state index in [0.29, 0.717) is 6.42 Å². The van der Waals surface area contributed by atoms with Crippen molar-refractivity contribution in [1.29, 1.82) is 0 Å². The van der Waals surface area contributed by atoms with Crippen molar-refractivity contribution in [2.45, 2.75) is 18.4 Å². The number of rotatable bonds is 5. The minimum absolute atomic E-state index is 0.191. The highest BCUT2D eigenvalue weighted by Gasteiger charge is 2.35. The fourth-order valence-corrected chi connectivity index (χ4v) is 4.54. The Bertz CT molecular complexity index is 1030. The van der Waals surface area contributed by atoms with Gasteiger partial charge in [0.05, 0.1) is 13.0 Å². The van der Waals surface area contributed by atoms with E-state index in [4.69, 9.17) is 4.74 Å². The molecular formula is C24H20INO3. The lowest BCUT2D eigenvalue weighted by molar-refractivity contribution is -0.145. The number of halogens is 1. The lowest BCUT2D eigenvalue weighted by atomic mass is 9.95. The standard InChI is InChI=1S/C24H20INO3/c1-29-24(28)21(14-15-7-6-8-16(25)13-15)26-23(27)22-19-11-4-2-9-17(19)18-10-3-5-12-20(18)22/h2-13,21-22H,14H2,1H3,(H,26,27)/t21-/m0/s1. The van der Waals surface area contributed by atoms with E-state index < -0.39 is 17.9 Å². The predicted molar refractivity (Wildman–Crippen MR) is 121 cm³/mol. The molecule has 0 heterocycles. The van der Waals surface area contributed by atoms with Gasteiger partial charge in [0, 0.05) is 9.99 Å². The highest BCUT2D eigenvalue weighted by molar-refractivity contribution is 14.1. The third-order valence-corrected chi connectivity index (χ3v) is 5.90. The minimum Gasteiger partial charge on any atom is -0.467 e. The van der Waals surface area contributed by atoms with E-state index in [1.807, 2.05) is 72.8 Å². The van der Waals surface area contributed by atoms with Gasteiger partial charge in [-0.15, -0.1) is 0 Å². The number of ether oxygens (including phenoxy) is 1. The van der Waals surface area contributed by atoms with Crippen molar-refractivity contribution in [2.24, 2.45) is 0 Å². The number of hydrogen-bond donors (Lipinski definition) is 1. The molecule has 4 nitrogen and oxygen atoms in total. The second-order valence-electron chi connectivity index (χ2n) is 7.03. The minimum atomic E-state index is -0.745. The van der Waals surface area contributed by atoms with Crippen LogP contribution in [0.15, 0.2) is 72.8 Å². The number of methoxy groups -OCH3 is 1. The van der Waals surface area contributed by atoms with Gasteiger partial charge < -0.3 is 10.1 Å². The first kappa shape index (κ1) is 19.6. The van der Waals surface area contributed by atoms with Crippen LogP contribution in [-0.4, -0.2) is 25.0 Å². The van der Waals surface area contributed by atoms with E-state index in [-0.39, 0.29) is 5.91 Å². The van der Waals surface area contributed by atoms with Crippen molar-refractivity contribution in [1.82, 2.24) is 5.32 Å². The van der Waals surface area contributed by atoms with Gasteiger partial charge in [-0.05, 0) is 62.5 Å². The Balaban J connectivity index is 1.63. The van der Waals surface area contributed by atoms with Gasteiger partial charge in [-0.25, -0.2) is 4.79 Å². The molecule has 1 amide bonds. The number of hydrogen-bond acceptors (Lipinski definition) is 3. The summed E-state index contributed by atoms with van der Waals surface area (Å²) in [5.74, 6) is -1.08. The third-order valence-electron chi connectivity index (χ3n) is 5.23. The van der Waals surface area contributed by atoms with E-state index in [9.17, 15) is 9.59 Å². The second kappa shape index (κ2) is 8.37. The van der Waals surface area contributed by atoms with Crippen LogP contribution in [0.5, 0.6) is 0 Å². The van der Waals surface area contributed by atoms with Crippen LogP contribution in [0.2, 0.25) is 0 Å². The topological polar surface area (TPSA) is 55.4 Å². The zero-order chi connectivity index (χ0) is 20.4. The third kappa shape index (κ3) is 3.92. The molecule has 146 valence electrons. The summed E-state index contributed by atoms with van der Waals surface area (Å²) in [5, 5.41) is 2.94. The monoisotopic (exact) mass is 497 g/mol. The highest BCUT2D eigenvalue weighted by atomic mass is 127. The van der Waals surface area contributed by atoms with Crippen molar-refractivity contribution in [3.63, 3.8) is 0 Å². The highest BCUT2D eigenvalue weighted by Crippen LogP contribution is 2.44. The van der Waals surface area contributed by atoms with Gasteiger partial charge in [0.1, 0.15) is 6.04 Å². The van der Waals surface area contributed by atoms with Gasteiger partial charge in [-0.1, -0.05) is 60.7 Å². The van der Waals surface area contributed by atoms with Gasteiger partial charge in [-0.2, -0.15) is 0 Å². The summed E-state index contributed by atoms with van der Waals surface area (Å²) in [7, 11) is 1.34. The number of carbonyl (C=O) groups excluding carboxylic acids is 2. The second-order valence-corrected chi connectivity index (χ2v) is 8.27. The van der Waals surface area contributed by atoms with Crippen molar-refractivity contribution in [3.05, 3.63) is 93.1 Å². The van der Waals surface area contributed by atoms with Crippen molar-refractivity contribution in [2.75, 3.05) is 7.11 Å². The summed E-state index contributed by atoms with van der Waals surface area (Å²) >= 11 is 2.23. The molecule has 0 saturated heterocycles. The number of nitrogens with one attached hydrogen (secondary N) is 1. The number of amides is 1. The molecule has 0 spiro atoms. The molecule has 1 N–H and O–H groups in total. The summed E-state index contributed by atoms with van der Waals surface area (Å²) in [6.45, 7) is 0. The van der Waals surface area contributed by atoms with E-state index >= 15 is 0 Å². The fourth-order valence-electron chi connectivity index (χ4n) is 3.93. The largest absolute Gasteiger partial charge is 0.467 e. The number of carbonyl (C=O) groups is 2. The smallest absolute Gasteiger partial charge is 0.328 e. The summed E-state index contributed by atoms with van der Waals surface area (Å²) < 4.78 is 6.04. The van der Waals surface area contributed by atoms with Crippen LogP contribution >= 0.6 is 22.6 Å². The number of benzene rings is 3. The normalized spacial score (nSPS) is 13.3. The van der Waals surface area contributed by atoms with Crippen LogP contribution in [0, 0.1) is 3.57 Å². The van der Waals surface area contributed by atoms with Gasteiger partial charge in [-0.3, -0.25) is 4.79 Å². The molecule has 0 saturated carbocycles. The summed E-state index contributed by atoms with van der Waals surface area (Å²) in [6, 6.07) is 23.0. The van der Waals surface area contributed by atoms with E-state index in [2.05, 4.69) is 27.9 Å². The van der Waals surface area contributed by atoms with Crippen LogP contribution < -0.4 is 5.32 Å². The Labute approximate surface area is 183 Å². The lowest BCUT2D eigenvalue weighted by Gasteiger charge is -2.20. The maximum Gasteiger partial charge on any atom is 0.328 e. The molecule has 0 bridgehead atoms. The maximum atomic E-state index is 13.3. The quantitative estimate of drug-likeness (QED) is 0.423. The maximum absolute atomic E-state index is 13.3. The molecular weight excluding hydrogens is 477 g/mol. The van der Waals surface area contributed by atoms with Crippen LogP contribution in [-0.2, 0) is 20.7 Å². The van der Waals surface area contributed by atoms with Gasteiger partial charge in [0.2, 0.25) is 5.91 Å². The first-order chi connectivity index (χ1) is 14.1. The first-order valence-corrected chi connectivity index (χ1v) is 10.5. The molecule has 0 aromatic heterocycles. The molecule has 1 aliphatic carbocycles. The Kier molecular flexibility index (Phi) is 5.67. The zero-order valence-electron chi connectivity index (χ0n) is 15.9. The van der Waals surface area contributed by atoms with Crippen LogP contribution in [0.25, 0.3) is 11.1 Å². The molecule has 0 radical (unpaired) electrons. The van der Waals surface area contributed by atoms with Gasteiger partial charge >= 0.3 is 5.97 Å². The Hall–Kier alpha value is -2.67. The van der Waals surface area contributed by atoms with Gasteiger partial charge in [0.15, 0.2) is 0 Å². The fraction of sp³-hybridized carbons (Fsp3) is 0.167. The molecule has 0 unspecified atom stereocenters. The zero-order valence-corrected chi connectivity index (χ0v) is 18.1. The molecule has 1 aliphatic rings. The van der Waals surface area contributed by atoms with Crippen molar-refractivity contribution in [3.8, 4) is 11.1 Å². The SMILES string of the molecule is COC(=O)[C@H](Cc1cccc(I)c1)NC(=O)C1c2ccccc2-c2ccccc21. The van der Waals surface area contributed by atoms with E-state index in [1.54, 1.807) is 0 Å². The average molecular weight is 497 g/mol. The average Bonchev–Trinajstić information content (AvgIpc) is 3.07. The molecule has 5 heteroatoms. The van der Waals surface area contributed by atoms with Crippen LogP contribution in [0.1, 0.15) is 22.6 Å². The summed E-state index contributed by atoms with van der Waals surface area (Å²) in [4.78, 5) is 25.7. The van der Waals surface area contributed by atoms with Crippen molar-refractivity contribution >= 4 is 34.5 Å². The first-order valence-electron chi connectivity index (χ1n) is 9.39. The van der Waals surface area contributed by atoms with Crippen LogP contribution in [0.4, 0.5) is 0 Å². The van der Waals surface area contributed by atoms with Crippen LogP contribution in [0.3, 0.4) is 0 Å². The molecule has 3 aromatic carbocycles. The predicted octanol–water partition coefficient (Wildman–Crippen LogP) is 4.30. The molecule has 3 aromatic rings. The number of fused-ring (bicyclic) bond motifs is 3. The molecule has 0 fully saturated rings. The number of esters is 1. The summed E-state index contributed by atoms with van der Waals surface area (Å²) in [6.07, 6.45) is 0.380. The van der Waals surface area contributed by atoms with E-state index in [0.717, 1.165) is 31.4 Å². The molecule has 4 rings (SSSR count). The Morgan fingerprint density at radius 2 is 1.59 bits per heavy atom. The molecule has 0 aliphatic heterocycles. The van der Waals surface area contributed by atoms with E-state index in [1.165, 1.54) is 7.11 Å². The van der Waals surface area contributed by atoms with Crippen molar-refractivity contribution < 1.29 is 14.3 Å². The Morgan fingerprint density at radius 3 is 2.17 bits per heavy atom.